The van der Waals surface area contributed by atoms with Crippen LogP contribution in [-0.2, 0) is 4.57 Å². The Morgan fingerprint density at radius 1 is 1.05 bits per heavy atom. The zero-order chi connectivity index (χ0) is 14.0. The number of non-ortho nitro benzene ring substituents is 1. The number of benzene rings is 2. The van der Waals surface area contributed by atoms with E-state index in [0.29, 0.717) is 11.1 Å². The number of nitro benzene ring substituents is 1. The third-order valence-corrected chi connectivity index (χ3v) is 3.60. The third kappa shape index (κ3) is 2.88. The highest BCUT2D eigenvalue weighted by atomic mass is 31.2. The Morgan fingerprint density at radius 3 is 2.37 bits per heavy atom. The highest BCUT2D eigenvalue weighted by Crippen LogP contribution is 2.38. The van der Waals surface area contributed by atoms with Crippen LogP contribution in [0.3, 0.4) is 0 Å². The predicted molar refractivity (Wildman–Crippen MR) is 70.2 cm³/mol. The summed E-state index contributed by atoms with van der Waals surface area (Å²) in [4.78, 5) is 28.7. The molecule has 7 heteroatoms. The summed E-state index contributed by atoms with van der Waals surface area (Å²) in [6, 6.07) is 11.6. The van der Waals surface area contributed by atoms with Crippen molar-refractivity contribution in [1.29, 1.82) is 0 Å². The van der Waals surface area contributed by atoms with Crippen LogP contribution in [0.15, 0.2) is 48.5 Å². The normalized spacial score (nSPS) is 11.3. The average molecular weight is 279 g/mol. The van der Waals surface area contributed by atoms with Gasteiger partial charge in [0.25, 0.3) is 5.69 Å². The minimum atomic E-state index is -4.43. The van der Waals surface area contributed by atoms with Gasteiger partial charge in [-0.05, 0) is 17.2 Å². The van der Waals surface area contributed by atoms with Crippen LogP contribution < -0.4 is 5.30 Å². The van der Waals surface area contributed by atoms with E-state index in [1.165, 1.54) is 36.4 Å². The van der Waals surface area contributed by atoms with Gasteiger partial charge in [0, 0.05) is 12.1 Å². The van der Waals surface area contributed by atoms with Crippen molar-refractivity contribution < 1.29 is 19.3 Å². The summed E-state index contributed by atoms with van der Waals surface area (Å²) in [6.07, 6.45) is 0. The van der Waals surface area contributed by atoms with Crippen molar-refractivity contribution in [1.82, 2.24) is 0 Å². The highest BCUT2D eigenvalue weighted by molar-refractivity contribution is 7.60. The van der Waals surface area contributed by atoms with Crippen LogP contribution in [-0.4, -0.2) is 14.7 Å². The molecule has 98 valence electrons. The number of hydrogen-bond acceptors (Lipinski definition) is 3. The molecule has 0 spiro atoms. The number of hydrogen-bond donors (Lipinski definition) is 2. The van der Waals surface area contributed by atoms with Crippen molar-refractivity contribution in [3.8, 4) is 11.1 Å². The number of nitrogens with zero attached hydrogens (tertiary/aromatic N) is 1. The number of nitro groups is 1. The van der Waals surface area contributed by atoms with Crippen LogP contribution >= 0.6 is 7.60 Å². The molecule has 0 saturated heterocycles. The fraction of sp³-hybridized carbons (Fsp3) is 0. The van der Waals surface area contributed by atoms with E-state index in [1.54, 1.807) is 12.1 Å². The van der Waals surface area contributed by atoms with Crippen molar-refractivity contribution in [2.75, 3.05) is 0 Å². The molecule has 2 aromatic rings. The van der Waals surface area contributed by atoms with Crippen LogP contribution in [0.2, 0.25) is 0 Å². The Hall–Kier alpha value is -2.01. The minimum absolute atomic E-state index is 0.127. The van der Waals surface area contributed by atoms with Gasteiger partial charge in [0.15, 0.2) is 0 Å². The Bertz CT molecular complexity index is 679. The minimum Gasteiger partial charge on any atom is -0.321 e. The van der Waals surface area contributed by atoms with Crippen molar-refractivity contribution in [2.45, 2.75) is 0 Å². The first-order valence-corrected chi connectivity index (χ1v) is 6.91. The molecule has 0 aliphatic rings. The molecule has 2 N–H and O–H groups in total. The number of rotatable bonds is 3. The predicted octanol–water partition coefficient (Wildman–Crippen LogP) is 2.06. The fourth-order valence-corrected chi connectivity index (χ4v) is 2.56. The molecule has 0 aliphatic carbocycles. The molecule has 0 bridgehead atoms. The Kier molecular flexibility index (Phi) is 3.48. The second-order valence-corrected chi connectivity index (χ2v) is 5.44. The summed E-state index contributed by atoms with van der Waals surface area (Å²) in [5.41, 5.74) is 0.561. The van der Waals surface area contributed by atoms with Crippen molar-refractivity contribution in [3.63, 3.8) is 0 Å². The third-order valence-electron chi connectivity index (χ3n) is 2.59. The van der Waals surface area contributed by atoms with E-state index in [4.69, 9.17) is 0 Å². The molecule has 0 unspecified atom stereocenters. The smallest absolute Gasteiger partial charge is 0.321 e. The lowest BCUT2D eigenvalue weighted by atomic mass is 10.1. The molecule has 19 heavy (non-hydrogen) atoms. The largest absolute Gasteiger partial charge is 0.356 e. The first-order valence-electron chi connectivity index (χ1n) is 5.29. The van der Waals surface area contributed by atoms with Gasteiger partial charge in [0.05, 0.1) is 10.2 Å². The summed E-state index contributed by atoms with van der Waals surface area (Å²) >= 11 is 0. The van der Waals surface area contributed by atoms with E-state index in [9.17, 15) is 24.5 Å². The van der Waals surface area contributed by atoms with Gasteiger partial charge >= 0.3 is 7.60 Å². The quantitative estimate of drug-likeness (QED) is 0.509. The maximum Gasteiger partial charge on any atom is 0.356 e. The molecule has 0 radical (unpaired) electrons. The van der Waals surface area contributed by atoms with Crippen LogP contribution in [0.1, 0.15) is 0 Å². The lowest BCUT2D eigenvalue weighted by Gasteiger charge is -2.10. The summed E-state index contributed by atoms with van der Waals surface area (Å²) < 4.78 is 11.4. The van der Waals surface area contributed by atoms with E-state index in [1.807, 2.05) is 0 Å². The van der Waals surface area contributed by atoms with Crippen molar-refractivity contribution in [3.05, 3.63) is 58.6 Å². The molecule has 0 amide bonds. The monoisotopic (exact) mass is 279 g/mol. The van der Waals surface area contributed by atoms with Gasteiger partial charge in [-0.15, -0.1) is 0 Å². The van der Waals surface area contributed by atoms with E-state index in [2.05, 4.69) is 0 Å². The first-order chi connectivity index (χ1) is 8.89. The molecular weight excluding hydrogens is 269 g/mol. The summed E-state index contributed by atoms with van der Waals surface area (Å²) in [6.45, 7) is 0. The maximum absolute atomic E-state index is 11.4. The Balaban J connectivity index is 2.63. The van der Waals surface area contributed by atoms with Crippen molar-refractivity contribution in [2.24, 2.45) is 0 Å². The van der Waals surface area contributed by atoms with Crippen LogP contribution in [0, 0.1) is 10.1 Å². The standard InChI is InChI=1S/C12H10NO5P/c14-13(15)10-5-3-4-9(8-10)11-6-1-2-7-12(11)19(16,17)18/h1-8H,(H2,16,17,18). The Morgan fingerprint density at radius 2 is 1.74 bits per heavy atom. The molecule has 0 atom stereocenters. The summed E-state index contributed by atoms with van der Waals surface area (Å²) in [5, 5.41) is 10.6. The molecule has 0 fully saturated rings. The van der Waals surface area contributed by atoms with Crippen LogP contribution in [0.25, 0.3) is 11.1 Å². The molecule has 0 heterocycles. The molecule has 0 aromatic heterocycles. The zero-order valence-electron chi connectivity index (χ0n) is 9.63. The van der Waals surface area contributed by atoms with Gasteiger partial charge in [-0.25, -0.2) is 0 Å². The molecule has 0 saturated carbocycles. The second kappa shape index (κ2) is 4.93. The van der Waals surface area contributed by atoms with Gasteiger partial charge in [0.2, 0.25) is 0 Å². The van der Waals surface area contributed by atoms with Gasteiger partial charge in [-0.3, -0.25) is 14.7 Å². The van der Waals surface area contributed by atoms with E-state index < -0.39 is 12.5 Å². The maximum atomic E-state index is 11.4. The van der Waals surface area contributed by atoms with Crippen molar-refractivity contribution >= 4 is 18.6 Å². The van der Waals surface area contributed by atoms with E-state index >= 15 is 0 Å². The summed E-state index contributed by atoms with van der Waals surface area (Å²) in [7, 11) is -4.43. The van der Waals surface area contributed by atoms with Gasteiger partial charge in [-0.2, -0.15) is 0 Å². The zero-order valence-corrected chi connectivity index (χ0v) is 10.5. The summed E-state index contributed by atoms with van der Waals surface area (Å²) in [5.74, 6) is 0. The lowest BCUT2D eigenvalue weighted by Crippen LogP contribution is -2.07. The van der Waals surface area contributed by atoms with Crippen LogP contribution in [0.5, 0.6) is 0 Å². The molecule has 2 rings (SSSR count). The van der Waals surface area contributed by atoms with Gasteiger partial charge in [-0.1, -0.05) is 30.3 Å². The topological polar surface area (TPSA) is 101 Å². The lowest BCUT2D eigenvalue weighted by molar-refractivity contribution is -0.384. The SMILES string of the molecule is O=[N+]([O-])c1cccc(-c2ccccc2P(=O)(O)O)c1. The van der Waals surface area contributed by atoms with Gasteiger partial charge in [0.1, 0.15) is 0 Å². The highest BCUT2D eigenvalue weighted by Gasteiger charge is 2.22. The second-order valence-electron chi connectivity index (χ2n) is 3.87. The molecular formula is C12H10NO5P. The fourth-order valence-electron chi connectivity index (χ4n) is 1.76. The van der Waals surface area contributed by atoms with E-state index in [-0.39, 0.29) is 11.0 Å². The molecule has 6 nitrogen and oxygen atoms in total. The molecule has 2 aromatic carbocycles. The Labute approximate surface area is 108 Å². The molecule has 0 aliphatic heterocycles. The van der Waals surface area contributed by atoms with E-state index in [0.717, 1.165) is 0 Å². The van der Waals surface area contributed by atoms with Gasteiger partial charge < -0.3 is 9.79 Å². The first kappa shape index (κ1) is 13.4. The van der Waals surface area contributed by atoms with Crippen LogP contribution in [0.4, 0.5) is 5.69 Å². The average Bonchev–Trinajstić information content (AvgIpc) is 2.38.